The van der Waals surface area contributed by atoms with Crippen molar-refractivity contribution in [3.05, 3.63) is 77.3 Å². The molecule has 3 aromatic rings. The van der Waals surface area contributed by atoms with Crippen LogP contribution in [-0.2, 0) is 24.4 Å². The monoisotopic (exact) mass is 571 g/mol. The highest BCUT2D eigenvalue weighted by Gasteiger charge is 2.74. The summed E-state index contributed by atoms with van der Waals surface area (Å²) >= 11 is 9.21. The number of esters is 1. The molecule has 0 amide bonds. The van der Waals surface area contributed by atoms with Crippen molar-refractivity contribution in [2.24, 2.45) is 0 Å². The van der Waals surface area contributed by atoms with E-state index in [1.807, 2.05) is 63.2 Å². The normalized spacial score (nSPS) is 25.2. The number of carbonyl (C=O) groups excluding carboxylic acids is 1. The van der Waals surface area contributed by atoms with Crippen molar-refractivity contribution in [1.82, 2.24) is 4.72 Å². The standard InChI is InChI=1S/C30H34ClNO4S2/c1-28(2,3)36-27(33)30(32-38-26-17-16-24(37-26)21-12-14-23(31)15-13-21)19-29(30,22-9-5-4-6-10-22)20-35-25-11-7-8-18-34-25/h4-6,9-10,12-17,25,32H,7-8,11,18-20H2,1-3H3. The predicted octanol–water partition coefficient (Wildman–Crippen LogP) is 7.63. The lowest BCUT2D eigenvalue weighted by atomic mass is 9.91. The maximum absolute atomic E-state index is 13.9. The third-order valence-corrected chi connectivity index (χ3v) is 9.49. The highest BCUT2D eigenvalue weighted by molar-refractivity contribution is 7.99. The van der Waals surface area contributed by atoms with Crippen LogP contribution >= 0.6 is 34.9 Å². The van der Waals surface area contributed by atoms with Gasteiger partial charge < -0.3 is 14.2 Å². The molecule has 0 radical (unpaired) electrons. The molecule has 2 aliphatic rings. The summed E-state index contributed by atoms with van der Waals surface area (Å²) in [5.41, 5.74) is 0.0489. The molecule has 1 saturated carbocycles. The van der Waals surface area contributed by atoms with Crippen molar-refractivity contribution in [1.29, 1.82) is 0 Å². The zero-order chi connectivity index (χ0) is 26.8. The molecule has 2 fully saturated rings. The molecule has 1 aliphatic carbocycles. The van der Waals surface area contributed by atoms with Gasteiger partial charge in [-0.15, -0.1) is 11.3 Å². The minimum atomic E-state index is -0.939. The van der Waals surface area contributed by atoms with Gasteiger partial charge in [0.15, 0.2) is 6.29 Å². The molecule has 0 spiro atoms. The summed E-state index contributed by atoms with van der Waals surface area (Å²) in [5, 5.41) is 0.715. The number of carbonyl (C=O) groups is 1. The maximum atomic E-state index is 13.9. The molecule has 202 valence electrons. The Kier molecular flexibility index (Phi) is 8.25. The average Bonchev–Trinajstić information content (AvgIpc) is 3.35. The molecule has 1 aliphatic heterocycles. The van der Waals surface area contributed by atoms with Crippen LogP contribution in [0.25, 0.3) is 10.4 Å². The summed E-state index contributed by atoms with van der Waals surface area (Å²) in [6, 6.07) is 22.2. The van der Waals surface area contributed by atoms with Crippen LogP contribution in [0.5, 0.6) is 0 Å². The molecule has 3 atom stereocenters. The second-order valence-corrected chi connectivity index (χ2v) is 13.6. The topological polar surface area (TPSA) is 56.8 Å². The highest BCUT2D eigenvalue weighted by Crippen LogP contribution is 2.60. The predicted molar refractivity (Wildman–Crippen MR) is 155 cm³/mol. The molecule has 5 nitrogen and oxygen atoms in total. The van der Waals surface area contributed by atoms with E-state index >= 15 is 0 Å². The van der Waals surface area contributed by atoms with Gasteiger partial charge in [0.2, 0.25) is 0 Å². The zero-order valence-corrected chi connectivity index (χ0v) is 24.4. The average molecular weight is 572 g/mol. The molecule has 5 rings (SSSR count). The molecule has 8 heteroatoms. The quantitative estimate of drug-likeness (QED) is 0.210. The number of benzene rings is 2. The number of hydrogen-bond acceptors (Lipinski definition) is 7. The minimum Gasteiger partial charge on any atom is -0.459 e. The van der Waals surface area contributed by atoms with Crippen molar-refractivity contribution in [2.45, 2.75) is 73.5 Å². The molecular weight excluding hydrogens is 538 g/mol. The number of thiophene rings is 1. The van der Waals surface area contributed by atoms with Gasteiger partial charge in [0.25, 0.3) is 0 Å². The zero-order valence-electron chi connectivity index (χ0n) is 22.0. The molecular formula is C30H34ClNO4S2. The number of ether oxygens (including phenoxy) is 3. The van der Waals surface area contributed by atoms with Crippen LogP contribution in [0.15, 0.2) is 70.9 Å². The van der Waals surface area contributed by atoms with Crippen molar-refractivity contribution >= 4 is 40.9 Å². The summed E-state index contributed by atoms with van der Waals surface area (Å²) in [5.74, 6) is -0.260. The van der Waals surface area contributed by atoms with E-state index in [0.717, 1.165) is 39.5 Å². The first-order chi connectivity index (χ1) is 18.2. The molecule has 1 saturated heterocycles. The largest absolute Gasteiger partial charge is 0.459 e. The molecule has 0 bridgehead atoms. The summed E-state index contributed by atoms with van der Waals surface area (Å²) in [4.78, 5) is 15.0. The van der Waals surface area contributed by atoms with Crippen LogP contribution in [0.3, 0.4) is 0 Å². The fourth-order valence-electron chi connectivity index (χ4n) is 4.94. The van der Waals surface area contributed by atoms with E-state index in [0.29, 0.717) is 24.7 Å². The molecule has 38 heavy (non-hydrogen) atoms. The Morgan fingerprint density at radius 3 is 2.55 bits per heavy atom. The van der Waals surface area contributed by atoms with E-state index in [9.17, 15) is 4.79 Å². The second kappa shape index (κ2) is 11.3. The Balaban J connectivity index is 1.41. The number of halogens is 1. The van der Waals surface area contributed by atoms with Gasteiger partial charge in [-0.25, -0.2) is 9.52 Å². The van der Waals surface area contributed by atoms with Gasteiger partial charge in [0.1, 0.15) is 11.1 Å². The van der Waals surface area contributed by atoms with Crippen LogP contribution in [0, 0.1) is 0 Å². The van der Waals surface area contributed by atoms with E-state index in [2.05, 4.69) is 29.0 Å². The summed E-state index contributed by atoms with van der Waals surface area (Å²) in [6.45, 7) is 6.80. The third-order valence-electron chi connectivity index (χ3n) is 7.02. The maximum Gasteiger partial charge on any atom is 0.328 e. The lowest BCUT2D eigenvalue weighted by Crippen LogP contribution is -2.48. The van der Waals surface area contributed by atoms with Gasteiger partial charge in [-0.3, -0.25) is 0 Å². The first-order valence-corrected chi connectivity index (χ1v) is 15.0. The Bertz CT molecular complexity index is 1240. The Morgan fingerprint density at radius 2 is 1.87 bits per heavy atom. The lowest BCUT2D eigenvalue weighted by Gasteiger charge is -2.31. The molecule has 1 aromatic heterocycles. The first kappa shape index (κ1) is 27.7. The van der Waals surface area contributed by atoms with E-state index in [-0.39, 0.29) is 12.3 Å². The molecule has 2 aromatic carbocycles. The number of hydrogen-bond donors (Lipinski definition) is 1. The smallest absolute Gasteiger partial charge is 0.328 e. The lowest BCUT2D eigenvalue weighted by molar-refractivity contribution is -0.171. The fraction of sp³-hybridized carbons (Fsp3) is 0.433. The molecule has 3 unspecified atom stereocenters. The summed E-state index contributed by atoms with van der Waals surface area (Å²) in [7, 11) is 0. The Labute approximate surface area is 238 Å². The van der Waals surface area contributed by atoms with Gasteiger partial charge >= 0.3 is 5.97 Å². The Morgan fingerprint density at radius 1 is 1.11 bits per heavy atom. The van der Waals surface area contributed by atoms with E-state index in [1.54, 1.807) is 11.3 Å². The van der Waals surface area contributed by atoms with E-state index in [1.165, 1.54) is 11.9 Å². The van der Waals surface area contributed by atoms with Gasteiger partial charge in [-0.05, 0) is 93.8 Å². The first-order valence-electron chi connectivity index (χ1n) is 13.0. The van der Waals surface area contributed by atoms with Crippen LogP contribution in [-0.4, -0.2) is 36.6 Å². The van der Waals surface area contributed by atoms with Gasteiger partial charge in [0, 0.05) is 16.5 Å². The fourth-order valence-corrected chi connectivity index (χ4v) is 7.13. The van der Waals surface area contributed by atoms with Crippen molar-refractivity contribution < 1.29 is 19.0 Å². The van der Waals surface area contributed by atoms with Crippen molar-refractivity contribution in [3.63, 3.8) is 0 Å². The SMILES string of the molecule is CC(C)(C)OC(=O)C1(NSc2ccc(-c3ccc(Cl)cc3)s2)CC1(COC1CCCCO1)c1ccccc1. The number of rotatable bonds is 9. The minimum absolute atomic E-state index is 0.242. The Hall–Kier alpha value is -1.87. The van der Waals surface area contributed by atoms with Crippen LogP contribution in [0.2, 0.25) is 5.02 Å². The summed E-state index contributed by atoms with van der Waals surface area (Å²) in [6.07, 6.45) is 3.35. The molecule has 1 N–H and O–H groups in total. The molecule has 2 heterocycles. The van der Waals surface area contributed by atoms with Gasteiger partial charge in [-0.1, -0.05) is 54.1 Å². The van der Waals surface area contributed by atoms with Gasteiger partial charge in [-0.2, -0.15) is 0 Å². The van der Waals surface area contributed by atoms with E-state index in [4.69, 9.17) is 25.8 Å². The van der Waals surface area contributed by atoms with E-state index < -0.39 is 16.6 Å². The summed E-state index contributed by atoms with van der Waals surface area (Å²) < 4.78 is 22.8. The highest BCUT2D eigenvalue weighted by atomic mass is 35.5. The van der Waals surface area contributed by atoms with Crippen LogP contribution < -0.4 is 4.72 Å². The number of nitrogens with one attached hydrogen (secondary N) is 1. The van der Waals surface area contributed by atoms with Gasteiger partial charge in [0.05, 0.1) is 16.2 Å². The van der Waals surface area contributed by atoms with Crippen LogP contribution in [0.4, 0.5) is 0 Å². The second-order valence-electron chi connectivity index (χ2n) is 11.0. The third kappa shape index (κ3) is 5.98. The van der Waals surface area contributed by atoms with Crippen LogP contribution in [0.1, 0.15) is 52.0 Å². The van der Waals surface area contributed by atoms with Crippen molar-refractivity contribution in [2.75, 3.05) is 13.2 Å². The van der Waals surface area contributed by atoms with Crippen molar-refractivity contribution in [3.8, 4) is 10.4 Å².